The van der Waals surface area contributed by atoms with Gasteiger partial charge in [0.05, 0.1) is 18.1 Å². The topological polar surface area (TPSA) is 118 Å². The summed E-state index contributed by atoms with van der Waals surface area (Å²) < 4.78 is 65.3. The van der Waals surface area contributed by atoms with Crippen LogP contribution in [0, 0.1) is 5.82 Å². The molecule has 0 saturated carbocycles. The van der Waals surface area contributed by atoms with Crippen LogP contribution < -0.4 is 16.0 Å². The van der Waals surface area contributed by atoms with E-state index in [1.165, 1.54) is 47.1 Å². The molecule has 0 unspecified atom stereocenters. The SMILES string of the molecule is O=C(NCC(F)(F)F)c1ccc(-n2nnc(C(=O)N[C@@H](Cc3ccccc3)C(=O)NCc3cccc(F)c3)c2CCCCCF)cc1. The molecule has 0 fully saturated rings. The van der Waals surface area contributed by atoms with Crippen molar-refractivity contribution in [2.45, 2.75) is 50.9 Å². The van der Waals surface area contributed by atoms with Gasteiger partial charge in [0.15, 0.2) is 5.69 Å². The number of benzene rings is 3. The number of unbranched alkanes of at least 4 members (excludes halogenated alkanes) is 2. The zero-order valence-corrected chi connectivity index (χ0v) is 25.2. The first-order valence-corrected chi connectivity index (χ1v) is 14.9. The average Bonchev–Trinajstić information content (AvgIpc) is 3.48. The van der Waals surface area contributed by atoms with Gasteiger partial charge in [-0.15, -0.1) is 5.10 Å². The highest BCUT2D eigenvalue weighted by Gasteiger charge is 2.29. The van der Waals surface area contributed by atoms with E-state index in [1.807, 2.05) is 6.07 Å². The lowest BCUT2D eigenvalue weighted by molar-refractivity contribution is -0.123. The van der Waals surface area contributed by atoms with Crippen molar-refractivity contribution < 1.29 is 36.3 Å². The first-order chi connectivity index (χ1) is 22.5. The van der Waals surface area contributed by atoms with Gasteiger partial charge in [0, 0.05) is 18.5 Å². The number of amides is 3. The van der Waals surface area contributed by atoms with E-state index in [0.717, 1.165) is 5.56 Å². The molecule has 0 aliphatic heterocycles. The Hall–Kier alpha value is -5.14. The largest absolute Gasteiger partial charge is 0.405 e. The zero-order chi connectivity index (χ0) is 33.8. The molecular formula is C33H33F5N6O3. The van der Waals surface area contributed by atoms with Gasteiger partial charge in [0.2, 0.25) is 5.91 Å². The van der Waals surface area contributed by atoms with E-state index >= 15 is 0 Å². The fourth-order valence-corrected chi connectivity index (χ4v) is 4.75. The van der Waals surface area contributed by atoms with E-state index < -0.39 is 49.0 Å². The highest BCUT2D eigenvalue weighted by atomic mass is 19.4. The van der Waals surface area contributed by atoms with Crippen molar-refractivity contribution in [2.75, 3.05) is 13.2 Å². The Balaban J connectivity index is 1.56. The number of hydrogen-bond acceptors (Lipinski definition) is 5. The van der Waals surface area contributed by atoms with E-state index in [1.54, 1.807) is 35.6 Å². The molecule has 0 aliphatic carbocycles. The van der Waals surface area contributed by atoms with Crippen molar-refractivity contribution >= 4 is 17.7 Å². The van der Waals surface area contributed by atoms with Crippen LogP contribution in [0.2, 0.25) is 0 Å². The summed E-state index contributed by atoms with van der Waals surface area (Å²) in [5, 5.41) is 15.5. The molecule has 47 heavy (non-hydrogen) atoms. The minimum Gasteiger partial charge on any atom is -0.350 e. The minimum absolute atomic E-state index is 0.0198. The Bertz CT molecular complexity index is 1640. The molecule has 3 amide bonds. The first kappa shape index (κ1) is 34.7. The van der Waals surface area contributed by atoms with Crippen molar-refractivity contribution in [3.63, 3.8) is 0 Å². The monoisotopic (exact) mass is 656 g/mol. The third kappa shape index (κ3) is 10.4. The van der Waals surface area contributed by atoms with Crippen LogP contribution >= 0.6 is 0 Å². The molecule has 0 bridgehead atoms. The van der Waals surface area contributed by atoms with Gasteiger partial charge in [-0.25, -0.2) is 9.07 Å². The second-order valence-corrected chi connectivity index (χ2v) is 10.7. The number of hydrogen-bond donors (Lipinski definition) is 3. The van der Waals surface area contributed by atoms with Crippen molar-refractivity contribution in [1.82, 2.24) is 30.9 Å². The summed E-state index contributed by atoms with van der Waals surface area (Å²) in [6.07, 6.45) is -2.85. The Labute approximate surface area is 267 Å². The number of carbonyl (C=O) groups is 3. The Kier molecular flexibility index (Phi) is 12.1. The van der Waals surface area contributed by atoms with Gasteiger partial charge in [0.1, 0.15) is 18.4 Å². The summed E-state index contributed by atoms with van der Waals surface area (Å²) in [5.41, 5.74) is 1.94. The predicted octanol–water partition coefficient (Wildman–Crippen LogP) is 5.04. The molecule has 0 saturated heterocycles. The molecule has 0 radical (unpaired) electrons. The molecule has 3 N–H and O–H groups in total. The van der Waals surface area contributed by atoms with Gasteiger partial charge in [-0.05, 0) is 66.8 Å². The fourth-order valence-electron chi connectivity index (χ4n) is 4.75. The molecule has 4 rings (SSSR count). The molecule has 1 aromatic heterocycles. The predicted molar refractivity (Wildman–Crippen MR) is 163 cm³/mol. The molecular weight excluding hydrogens is 623 g/mol. The molecule has 0 aliphatic rings. The molecule has 9 nitrogen and oxygen atoms in total. The lowest BCUT2D eigenvalue weighted by Gasteiger charge is -2.19. The standard InChI is InChI=1S/C33H33F5N6O3/c34-17-6-2-5-12-28-29(42-43-44(28)26-15-13-24(14-16-26)30(45)40-21-33(36,37)38)32(47)41-27(19-22-8-3-1-4-9-22)31(46)39-20-23-10-7-11-25(35)18-23/h1,3-4,7-11,13-16,18,27H,2,5-6,12,17,19-21H2,(H,39,46)(H,40,45)(H,41,47)/t27-/m0/s1. The number of rotatable bonds is 15. The van der Waals surface area contributed by atoms with Gasteiger partial charge in [-0.3, -0.25) is 18.8 Å². The van der Waals surface area contributed by atoms with Crippen molar-refractivity contribution in [3.05, 3.63) is 113 Å². The fraction of sp³-hybridized carbons (Fsp3) is 0.303. The third-order valence-electron chi connectivity index (χ3n) is 7.11. The van der Waals surface area contributed by atoms with E-state index in [9.17, 15) is 36.3 Å². The number of nitrogens with zero attached hydrogens (tertiary/aromatic N) is 3. The highest BCUT2D eigenvalue weighted by molar-refractivity contribution is 5.97. The van der Waals surface area contributed by atoms with E-state index in [0.29, 0.717) is 36.2 Å². The van der Waals surface area contributed by atoms with E-state index in [-0.39, 0.29) is 30.6 Å². The molecule has 3 aromatic carbocycles. The maximum absolute atomic E-state index is 13.7. The zero-order valence-electron chi connectivity index (χ0n) is 25.2. The highest BCUT2D eigenvalue weighted by Crippen LogP contribution is 2.19. The van der Waals surface area contributed by atoms with Crippen LogP contribution in [-0.4, -0.2) is 58.2 Å². The van der Waals surface area contributed by atoms with Crippen LogP contribution in [0.3, 0.4) is 0 Å². The van der Waals surface area contributed by atoms with Crippen LogP contribution in [-0.2, 0) is 24.2 Å². The second kappa shape index (κ2) is 16.4. The normalized spacial score (nSPS) is 11.9. The smallest absolute Gasteiger partial charge is 0.350 e. The van der Waals surface area contributed by atoms with Crippen LogP contribution in [0.15, 0.2) is 78.9 Å². The molecule has 1 atom stereocenters. The number of nitrogens with one attached hydrogen (secondary N) is 3. The van der Waals surface area contributed by atoms with Crippen molar-refractivity contribution in [1.29, 1.82) is 0 Å². The number of halogens is 5. The minimum atomic E-state index is -4.56. The third-order valence-corrected chi connectivity index (χ3v) is 7.11. The maximum atomic E-state index is 13.7. The summed E-state index contributed by atoms with van der Waals surface area (Å²) in [6, 6.07) is 19.3. The molecule has 0 spiro atoms. The molecule has 248 valence electrons. The Morgan fingerprint density at radius 2 is 1.55 bits per heavy atom. The average molecular weight is 657 g/mol. The van der Waals surface area contributed by atoms with Crippen molar-refractivity contribution in [2.24, 2.45) is 0 Å². The summed E-state index contributed by atoms with van der Waals surface area (Å²) in [4.78, 5) is 39.1. The lowest BCUT2D eigenvalue weighted by Crippen LogP contribution is -2.48. The number of alkyl halides is 4. The van der Waals surface area contributed by atoms with Crippen LogP contribution in [0.1, 0.15) is 56.9 Å². The summed E-state index contributed by atoms with van der Waals surface area (Å²) in [6.45, 7) is -1.96. The molecule has 14 heteroatoms. The van der Waals surface area contributed by atoms with E-state index in [2.05, 4.69) is 20.9 Å². The first-order valence-electron chi connectivity index (χ1n) is 14.9. The number of carbonyl (C=O) groups excluding carboxylic acids is 3. The van der Waals surface area contributed by atoms with Gasteiger partial charge in [-0.2, -0.15) is 13.2 Å². The molecule has 1 heterocycles. The van der Waals surface area contributed by atoms with Gasteiger partial charge in [-0.1, -0.05) is 54.1 Å². The lowest BCUT2D eigenvalue weighted by atomic mass is 10.0. The Morgan fingerprint density at radius 3 is 2.23 bits per heavy atom. The van der Waals surface area contributed by atoms with Crippen LogP contribution in [0.25, 0.3) is 5.69 Å². The second-order valence-electron chi connectivity index (χ2n) is 10.7. The quantitative estimate of drug-likeness (QED) is 0.123. The van der Waals surface area contributed by atoms with Gasteiger partial charge >= 0.3 is 6.18 Å². The van der Waals surface area contributed by atoms with E-state index in [4.69, 9.17) is 0 Å². The Morgan fingerprint density at radius 1 is 0.830 bits per heavy atom. The van der Waals surface area contributed by atoms with Crippen LogP contribution in [0.4, 0.5) is 22.0 Å². The van der Waals surface area contributed by atoms with Gasteiger partial charge in [0.25, 0.3) is 11.8 Å². The number of aromatic nitrogens is 3. The summed E-state index contributed by atoms with van der Waals surface area (Å²) in [7, 11) is 0. The van der Waals surface area contributed by atoms with Crippen LogP contribution in [0.5, 0.6) is 0 Å². The maximum Gasteiger partial charge on any atom is 0.405 e. The van der Waals surface area contributed by atoms with Gasteiger partial charge < -0.3 is 16.0 Å². The van der Waals surface area contributed by atoms with Crippen molar-refractivity contribution in [3.8, 4) is 5.69 Å². The summed E-state index contributed by atoms with van der Waals surface area (Å²) in [5.74, 6) is -2.57. The molecule has 4 aromatic rings. The summed E-state index contributed by atoms with van der Waals surface area (Å²) >= 11 is 0.